The van der Waals surface area contributed by atoms with Gasteiger partial charge in [0.05, 0.1) is 13.0 Å². The molecule has 0 heterocycles. The number of nitrogens with two attached hydrogens (primary N) is 1. The number of primary amides is 1. The number of carbonyl (C=O) groups is 1. The number of methoxy groups -OCH3 is 1. The van der Waals surface area contributed by atoms with Crippen molar-refractivity contribution in [3.05, 3.63) is 29.8 Å². The predicted molar refractivity (Wildman–Crippen MR) is 50.6 cm³/mol. The Balaban J connectivity index is 2.94. The van der Waals surface area contributed by atoms with Crippen LogP contribution in [0.5, 0.6) is 5.75 Å². The summed E-state index contributed by atoms with van der Waals surface area (Å²) < 4.78 is 5.03. The molecule has 1 aromatic carbocycles. The van der Waals surface area contributed by atoms with Crippen LogP contribution >= 0.6 is 0 Å². The zero-order valence-corrected chi connectivity index (χ0v) is 7.78. The minimum atomic E-state index is -0.326. The van der Waals surface area contributed by atoms with E-state index >= 15 is 0 Å². The Labute approximate surface area is 77.5 Å². The average Bonchev–Trinajstić information content (AvgIpc) is 2.16. The number of ether oxygens (including phenoxy) is 1. The van der Waals surface area contributed by atoms with Crippen molar-refractivity contribution in [2.75, 3.05) is 7.11 Å². The Morgan fingerprint density at radius 2 is 2.23 bits per heavy atom. The summed E-state index contributed by atoms with van der Waals surface area (Å²) in [5.41, 5.74) is 6.06. The Kier molecular flexibility index (Phi) is 2.90. The van der Waals surface area contributed by atoms with Crippen molar-refractivity contribution in [3.63, 3.8) is 0 Å². The standard InChI is InChI=1S/C10H13NO2/c1-7(10(11)12)8-4-3-5-9(6-8)13-2/h3-7H,1-2H3,(H2,11,12). The summed E-state index contributed by atoms with van der Waals surface area (Å²) in [5, 5.41) is 0. The van der Waals surface area contributed by atoms with Gasteiger partial charge >= 0.3 is 0 Å². The molecule has 0 aliphatic carbocycles. The Hall–Kier alpha value is -1.51. The summed E-state index contributed by atoms with van der Waals surface area (Å²) in [6.07, 6.45) is 0. The largest absolute Gasteiger partial charge is 0.497 e. The van der Waals surface area contributed by atoms with Gasteiger partial charge in [0.1, 0.15) is 5.75 Å². The molecule has 13 heavy (non-hydrogen) atoms. The summed E-state index contributed by atoms with van der Waals surface area (Å²) in [7, 11) is 1.59. The molecule has 0 bridgehead atoms. The Bertz CT molecular complexity index is 310. The van der Waals surface area contributed by atoms with Crippen molar-refractivity contribution in [3.8, 4) is 5.75 Å². The fourth-order valence-electron chi connectivity index (χ4n) is 1.08. The highest BCUT2D eigenvalue weighted by atomic mass is 16.5. The summed E-state index contributed by atoms with van der Waals surface area (Å²) in [6.45, 7) is 1.77. The molecule has 0 saturated heterocycles. The van der Waals surface area contributed by atoms with Crippen LogP contribution in [0.15, 0.2) is 24.3 Å². The molecule has 1 rings (SSSR count). The van der Waals surface area contributed by atoms with Crippen LogP contribution in [0.4, 0.5) is 0 Å². The van der Waals surface area contributed by atoms with E-state index in [2.05, 4.69) is 0 Å². The molecule has 1 amide bonds. The van der Waals surface area contributed by atoms with Crippen molar-refractivity contribution in [1.29, 1.82) is 0 Å². The van der Waals surface area contributed by atoms with E-state index in [1.54, 1.807) is 14.0 Å². The molecule has 0 radical (unpaired) electrons. The van der Waals surface area contributed by atoms with Gasteiger partial charge in [-0.2, -0.15) is 0 Å². The van der Waals surface area contributed by atoms with Gasteiger partial charge in [-0.25, -0.2) is 0 Å². The summed E-state index contributed by atoms with van der Waals surface area (Å²) >= 11 is 0. The third kappa shape index (κ3) is 2.21. The first-order valence-corrected chi connectivity index (χ1v) is 4.08. The van der Waals surface area contributed by atoms with Gasteiger partial charge in [0.15, 0.2) is 0 Å². The molecule has 0 saturated carbocycles. The second-order valence-corrected chi connectivity index (χ2v) is 2.90. The number of amides is 1. The van der Waals surface area contributed by atoms with E-state index in [1.807, 2.05) is 24.3 Å². The smallest absolute Gasteiger partial charge is 0.224 e. The molecule has 0 fully saturated rings. The third-order valence-electron chi connectivity index (χ3n) is 2.02. The highest BCUT2D eigenvalue weighted by Crippen LogP contribution is 2.19. The second-order valence-electron chi connectivity index (χ2n) is 2.90. The minimum absolute atomic E-state index is 0.268. The first-order valence-electron chi connectivity index (χ1n) is 4.08. The van der Waals surface area contributed by atoms with Crippen molar-refractivity contribution >= 4 is 5.91 Å². The zero-order valence-electron chi connectivity index (χ0n) is 7.78. The van der Waals surface area contributed by atoms with E-state index in [-0.39, 0.29) is 11.8 Å². The lowest BCUT2D eigenvalue weighted by Crippen LogP contribution is -2.18. The van der Waals surface area contributed by atoms with Gasteiger partial charge in [-0.3, -0.25) is 4.79 Å². The van der Waals surface area contributed by atoms with Crippen molar-refractivity contribution in [1.82, 2.24) is 0 Å². The van der Waals surface area contributed by atoms with Crippen LogP contribution < -0.4 is 10.5 Å². The van der Waals surface area contributed by atoms with E-state index in [0.29, 0.717) is 0 Å². The fourth-order valence-corrected chi connectivity index (χ4v) is 1.08. The molecular formula is C10H13NO2. The van der Waals surface area contributed by atoms with Gasteiger partial charge in [-0.1, -0.05) is 12.1 Å². The number of hydrogen-bond acceptors (Lipinski definition) is 2. The van der Waals surface area contributed by atoms with Gasteiger partial charge in [-0.05, 0) is 24.6 Å². The molecular weight excluding hydrogens is 166 g/mol. The zero-order chi connectivity index (χ0) is 9.84. The molecule has 3 heteroatoms. The molecule has 0 aromatic heterocycles. The molecule has 0 aliphatic heterocycles. The monoisotopic (exact) mass is 179 g/mol. The third-order valence-corrected chi connectivity index (χ3v) is 2.02. The average molecular weight is 179 g/mol. The number of hydrogen-bond donors (Lipinski definition) is 1. The summed E-state index contributed by atoms with van der Waals surface area (Å²) in [6, 6.07) is 7.35. The highest BCUT2D eigenvalue weighted by Gasteiger charge is 2.11. The van der Waals surface area contributed by atoms with Gasteiger partial charge in [0, 0.05) is 0 Å². The molecule has 70 valence electrons. The maximum Gasteiger partial charge on any atom is 0.224 e. The first-order chi connectivity index (χ1) is 6.15. The van der Waals surface area contributed by atoms with E-state index < -0.39 is 0 Å². The second kappa shape index (κ2) is 3.94. The molecule has 3 nitrogen and oxygen atoms in total. The Morgan fingerprint density at radius 3 is 2.77 bits per heavy atom. The SMILES string of the molecule is COc1cccc(C(C)C(N)=O)c1. The van der Waals surface area contributed by atoms with E-state index in [0.717, 1.165) is 11.3 Å². The molecule has 1 aromatic rings. The van der Waals surface area contributed by atoms with Crippen LogP contribution in [0.2, 0.25) is 0 Å². The predicted octanol–water partition coefficient (Wildman–Crippen LogP) is 1.28. The van der Waals surface area contributed by atoms with Gasteiger partial charge < -0.3 is 10.5 Å². The van der Waals surface area contributed by atoms with Crippen molar-refractivity contribution in [2.24, 2.45) is 5.73 Å². The molecule has 2 N–H and O–H groups in total. The van der Waals surface area contributed by atoms with Gasteiger partial charge in [0.2, 0.25) is 5.91 Å². The minimum Gasteiger partial charge on any atom is -0.497 e. The van der Waals surface area contributed by atoms with Gasteiger partial charge in [0.25, 0.3) is 0 Å². The number of benzene rings is 1. The number of rotatable bonds is 3. The van der Waals surface area contributed by atoms with Crippen LogP contribution in [-0.2, 0) is 4.79 Å². The van der Waals surface area contributed by atoms with Crippen LogP contribution in [0, 0.1) is 0 Å². The lowest BCUT2D eigenvalue weighted by Gasteiger charge is -2.08. The van der Waals surface area contributed by atoms with Crippen molar-refractivity contribution in [2.45, 2.75) is 12.8 Å². The first kappa shape index (κ1) is 9.58. The topological polar surface area (TPSA) is 52.3 Å². The van der Waals surface area contributed by atoms with E-state index in [4.69, 9.17) is 10.5 Å². The molecule has 0 spiro atoms. The summed E-state index contributed by atoms with van der Waals surface area (Å²) in [5.74, 6) is 0.147. The van der Waals surface area contributed by atoms with Crippen LogP contribution in [0.25, 0.3) is 0 Å². The lowest BCUT2D eigenvalue weighted by atomic mass is 10.0. The molecule has 0 aliphatic rings. The van der Waals surface area contributed by atoms with Gasteiger partial charge in [-0.15, -0.1) is 0 Å². The molecule has 1 atom stereocenters. The Morgan fingerprint density at radius 1 is 1.54 bits per heavy atom. The van der Waals surface area contributed by atoms with Crippen molar-refractivity contribution < 1.29 is 9.53 Å². The fraction of sp³-hybridized carbons (Fsp3) is 0.300. The number of carbonyl (C=O) groups excluding carboxylic acids is 1. The van der Waals surface area contributed by atoms with Crippen LogP contribution in [0.1, 0.15) is 18.4 Å². The quantitative estimate of drug-likeness (QED) is 0.760. The normalized spacial score (nSPS) is 12.2. The molecule has 1 unspecified atom stereocenters. The lowest BCUT2D eigenvalue weighted by molar-refractivity contribution is -0.119. The van der Waals surface area contributed by atoms with E-state index in [9.17, 15) is 4.79 Å². The van der Waals surface area contributed by atoms with Crippen LogP contribution in [0.3, 0.4) is 0 Å². The maximum absolute atomic E-state index is 10.9. The summed E-state index contributed by atoms with van der Waals surface area (Å²) in [4.78, 5) is 10.9. The highest BCUT2D eigenvalue weighted by molar-refractivity contribution is 5.81. The maximum atomic E-state index is 10.9. The van der Waals surface area contributed by atoms with Crippen LogP contribution in [-0.4, -0.2) is 13.0 Å². The van der Waals surface area contributed by atoms with E-state index in [1.165, 1.54) is 0 Å².